The summed E-state index contributed by atoms with van der Waals surface area (Å²) in [6.45, 7) is 1.86. The van der Waals surface area contributed by atoms with Crippen molar-refractivity contribution in [3.05, 3.63) is 0 Å². The maximum absolute atomic E-state index is 11.0. The molecule has 0 spiro atoms. The Labute approximate surface area is 75.4 Å². The molecule has 0 aromatic rings. The smallest absolute Gasteiger partial charge is 0.336 e. The number of esters is 2. The summed E-state index contributed by atoms with van der Waals surface area (Å²) in [6.07, 6.45) is 1.02. The van der Waals surface area contributed by atoms with Gasteiger partial charge in [-0.2, -0.15) is 0 Å². The van der Waals surface area contributed by atoms with E-state index in [2.05, 4.69) is 10.1 Å². The van der Waals surface area contributed by atoms with Gasteiger partial charge in [0.1, 0.15) is 6.04 Å². The minimum absolute atomic E-state index is 0.0473. The Morgan fingerprint density at radius 3 is 2.77 bits per heavy atom. The average Bonchev–Trinajstić information content (AvgIpc) is 2.30. The first-order valence-electron chi connectivity index (χ1n) is 4.17. The van der Waals surface area contributed by atoms with Gasteiger partial charge in [0, 0.05) is 6.42 Å². The highest BCUT2D eigenvalue weighted by Gasteiger charge is 2.34. The van der Waals surface area contributed by atoms with Crippen LogP contribution in [0.25, 0.3) is 0 Å². The molecular weight excluding hydrogens is 174 g/mol. The van der Waals surface area contributed by atoms with Gasteiger partial charge >= 0.3 is 11.9 Å². The van der Waals surface area contributed by atoms with Crippen molar-refractivity contribution in [3.8, 4) is 0 Å². The van der Waals surface area contributed by atoms with Gasteiger partial charge in [0.05, 0.1) is 6.42 Å². The molecule has 1 atom stereocenters. The minimum Gasteiger partial charge on any atom is -0.392 e. The normalized spacial score (nSPS) is 21.5. The van der Waals surface area contributed by atoms with Crippen molar-refractivity contribution in [3.63, 3.8) is 0 Å². The second-order valence-corrected chi connectivity index (χ2v) is 2.87. The van der Waals surface area contributed by atoms with Gasteiger partial charge in [0.2, 0.25) is 5.91 Å². The van der Waals surface area contributed by atoms with E-state index in [1.54, 1.807) is 0 Å². The van der Waals surface area contributed by atoms with Crippen molar-refractivity contribution in [2.75, 3.05) is 0 Å². The summed E-state index contributed by atoms with van der Waals surface area (Å²) < 4.78 is 4.26. The molecule has 0 aliphatic carbocycles. The second kappa shape index (κ2) is 4.02. The molecule has 5 nitrogen and oxygen atoms in total. The SMILES string of the molecule is CCCC(=O)N[C@H]1CC(=O)OC1=O. The molecule has 1 rings (SSSR count). The zero-order chi connectivity index (χ0) is 9.84. The number of carbonyl (C=O) groups is 3. The van der Waals surface area contributed by atoms with E-state index in [1.807, 2.05) is 6.92 Å². The fraction of sp³-hybridized carbons (Fsp3) is 0.625. The van der Waals surface area contributed by atoms with Gasteiger partial charge in [0.25, 0.3) is 0 Å². The van der Waals surface area contributed by atoms with Gasteiger partial charge in [-0.15, -0.1) is 0 Å². The van der Waals surface area contributed by atoms with Gasteiger partial charge in [-0.1, -0.05) is 6.92 Å². The fourth-order valence-electron chi connectivity index (χ4n) is 1.08. The number of rotatable bonds is 3. The average molecular weight is 185 g/mol. The van der Waals surface area contributed by atoms with Gasteiger partial charge in [-0.05, 0) is 6.42 Å². The minimum atomic E-state index is -0.772. The van der Waals surface area contributed by atoms with Crippen molar-refractivity contribution in [2.45, 2.75) is 32.2 Å². The molecule has 1 aliphatic rings. The van der Waals surface area contributed by atoms with E-state index >= 15 is 0 Å². The molecule has 1 heterocycles. The Kier molecular flexibility index (Phi) is 3.00. The zero-order valence-corrected chi connectivity index (χ0v) is 7.33. The van der Waals surface area contributed by atoms with E-state index in [-0.39, 0.29) is 12.3 Å². The van der Waals surface area contributed by atoms with Gasteiger partial charge < -0.3 is 10.1 Å². The van der Waals surface area contributed by atoms with Crippen molar-refractivity contribution < 1.29 is 19.1 Å². The van der Waals surface area contributed by atoms with Crippen LogP contribution >= 0.6 is 0 Å². The van der Waals surface area contributed by atoms with Crippen molar-refractivity contribution in [2.24, 2.45) is 0 Å². The van der Waals surface area contributed by atoms with E-state index in [1.165, 1.54) is 0 Å². The maximum atomic E-state index is 11.0. The first-order valence-corrected chi connectivity index (χ1v) is 4.17. The third kappa shape index (κ3) is 2.54. The zero-order valence-electron chi connectivity index (χ0n) is 7.33. The summed E-state index contributed by atoms with van der Waals surface area (Å²) in [5.74, 6) is -1.46. The van der Waals surface area contributed by atoms with Crippen molar-refractivity contribution >= 4 is 17.8 Å². The molecule has 0 bridgehead atoms. The third-order valence-corrected chi connectivity index (χ3v) is 1.68. The quantitative estimate of drug-likeness (QED) is 0.486. The fourth-order valence-corrected chi connectivity index (χ4v) is 1.08. The number of ether oxygens (including phenoxy) is 1. The van der Waals surface area contributed by atoms with Crippen LogP contribution in [0.3, 0.4) is 0 Å². The van der Waals surface area contributed by atoms with Crippen LogP contribution in [0.2, 0.25) is 0 Å². The van der Waals surface area contributed by atoms with Crippen LogP contribution in [0.15, 0.2) is 0 Å². The number of hydrogen-bond acceptors (Lipinski definition) is 4. The Morgan fingerprint density at radius 1 is 1.62 bits per heavy atom. The highest BCUT2D eigenvalue weighted by molar-refractivity contribution is 5.98. The second-order valence-electron chi connectivity index (χ2n) is 2.87. The summed E-state index contributed by atoms with van der Waals surface area (Å²) >= 11 is 0. The molecule has 1 N–H and O–H groups in total. The summed E-state index contributed by atoms with van der Waals surface area (Å²) in [5, 5.41) is 2.43. The Hall–Kier alpha value is -1.39. The molecule has 0 unspecified atom stereocenters. The van der Waals surface area contributed by atoms with Crippen LogP contribution < -0.4 is 5.32 Å². The van der Waals surface area contributed by atoms with Crippen LogP contribution in [0.4, 0.5) is 0 Å². The number of nitrogens with one attached hydrogen (secondary N) is 1. The van der Waals surface area contributed by atoms with E-state index in [0.717, 1.165) is 0 Å². The first-order chi connectivity index (χ1) is 6.13. The van der Waals surface area contributed by atoms with E-state index in [0.29, 0.717) is 12.8 Å². The molecular formula is C8H11NO4. The summed E-state index contributed by atoms with van der Waals surface area (Å²) in [7, 11) is 0. The highest BCUT2D eigenvalue weighted by Crippen LogP contribution is 2.07. The summed E-state index contributed by atoms with van der Waals surface area (Å²) in [4.78, 5) is 32.5. The number of amides is 1. The summed E-state index contributed by atoms with van der Waals surface area (Å²) in [5.41, 5.74) is 0. The lowest BCUT2D eigenvalue weighted by atomic mass is 10.2. The van der Waals surface area contributed by atoms with E-state index < -0.39 is 18.0 Å². The Morgan fingerprint density at radius 2 is 2.31 bits per heavy atom. The molecule has 13 heavy (non-hydrogen) atoms. The van der Waals surface area contributed by atoms with Gasteiger partial charge in [0.15, 0.2) is 0 Å². The molecule has 72 valence electrons. The summed E-state index contributed by atoms with van der Waals surface area (Å²) in [6, 6.07) is -0.772. The standard InChI is InChI=1S/C8H11NO4/c1-2-3-6(10)9-5-4-7(11)13-8(5)12/h5H,2-4H2,1H3,(H,9,10)/t5-/m0/s1. The number of cyclic esters (lactones) is 2. The Balaban J connectivity index is 2.41. The first kappa shape index (κ1) is 9.70. The highest BCUT2D eigenvalue weighted by atomic mass is 16.6. The largest absolute Gasteiger partial charge is 0.392 e. The molecule has 0 aromatic heterocycles. The van der Waals surface area contributed by atoms with Crippen LogP contribution in [0.1, 0.15) is 26.2 Å². The predicted molar refractivity (Wildman–Crippen MR) is 42.6 cm³/mol. The molecule has 5 heteroatoms. The monoisotopic (exact) mass is 185 g/mol. The van der Waals surface area contributed by atoms with Crippen molar-refractivity contribution in [1.29, 1.82) is 0 Å². The lowest BCUT2D eigenvalue weighted by molar-refractivity contribution is -0.153. The molecule has 0 saturated carbocycles. The van der Waals surface area contributed by atoms with Crippen LogP contribution in [-0.2, 0) is 19.1 Å². The van der Waals surface area contributed by atoms with Gasteiger partial charge in [-0.3, -0.25) is 9.59 Å². The molecule has 1 aliphatic heterocycles. The molecule has 1 saturated heterocycles. The van der Waals surface area contributed by atoms with E-state index in [4.69, 9.17) is 0 Å². The third-order valence-electron chi connectivity index (χ3n) is 1.68. The number of hydrogen-bond donors (Lipinski definition) is 1. The topological polar surface area (TPSA) is 72.5 Å². The van der Waals surface area contributed by atoms with Gasteiger partial charge in [-0.25, -0.2) is 4.79 Å². The van der Waals surface area contributed by atoms with E-state index in [9.17, 15) is 14.4 Å². The Bertz CT molecular complexity index is 249. The lowest BCUT2D eigenvalue weighted by Gasteiger charge is -2.06. The predicted octanol–water partition coefficient (Wildman–Crippen LogP) is -0.255. The molecule has 1 fully saturated rings. The maximum Gasteiger partial charge on any atom is 0.336 e. The molecule has 0 radical (unpaired) electrons. The number of carbonyl (C=O) groups excluding carboxylic acids is 3. The lowest BCUT2D eigenvalue weighted by Crippen LogP contribution is -2.37. The van der Waals surface area contributed by atoms with Crippen LogP contribution in [0.5, 0.6) is 0 Å². The molecule has 0 aromatic carbocycles. The van der Waals surface area contributed by atoms with Crippen molar-refractivity contribution in [1.82, 2.24) is 5.32 Å². The van der Waals surface area contributed by atoms with Crippen LogP contribution in [0, 0.1) is 0 Å². The molecule has 1 amide bonds. The van der Waals surface area contributed by atoms with Crippen LogP contribution in [-0.4, -0.2) is 23.9 Å².